The van der Waals surface area contributed by atoms with Crippen LogP contribution in [0.4, 0.5) is 23.7 Å². The van der Waals surface area contributed by atoms with Crippen LogP contribution in [0.25, 0.3) is 0 Å². The molecule has 3 N–H and O–H groups in total. The van der Waals surface area contributed by atoms with Gasteiger partial charge in [-0.1, -0.05) is 6.07 Å². The van der Waals surface area contributed by atoms with E-state index in [0.717, 1.165) is 4.31 Å². The summed E-state index contributed by atoms with van der Waals surface area (Å²) in [4.78, 5) is 22.8. The second-order valence-corrected chi connectivity index (χ2v) is 7.62. The molecule has 1 rings (SSSR count). The van der Waals surface area contributed by atoms with Gasteiger partial charge in [-0.05, 0) is 24.6 Å². The number of rotatable bonds is 6. The van der Waals surface area contributed by atoms with Gasteiger partial charge in [-0.25, -0.2) is 17.5 Å². The zero-order chi connectivity index (χ0) is 20.1. The van der Waals surface area contributed by atoms with Crippen molar-refractivity contribution in [3.05, 3.63) is 23.8 Å². The molecule has 0 radical (unpaired) electrons. The number of carbonyl (C=O) groups excluding carboxylic acids is 2. The fourth-order valence-electron chi connectivity index (χ4n) is 1.73. The summed E-state index contributed by atoms with van der Waals surface area (Å²) < 4.78 is 61.1. The molecule has 1 aromatic rings. The van der Waals surface area contributed by atoms with Crippen LogP contribution in [-0.2, 0) is 14.8 Å². The summed E-state index contributed by atoms with van der Waals surface area (Å²) in [6, 6.07) is 2.98. The number of aryl methyl sites for hydroxylation is 1. The van der Waals surface area contributed by atoms with E-state index < -0.39 is 41.2 Å². The van der Waals surface area contributed by atoms with Gasteiger partial charge >= 0.3 is 12.2 Å². The molecule has 26 heavy (non-hydrogen) atoms. The molecule has 0 aromatic heterocycles. The van der Waals surface area contributed by atoms with E-state index in [0.29, 0.717) is 11.3 Å². The summed E-state index contributed by atoms with van der Waals surface area (Å²) in [5, 5.41) is 5.87. The highest BCUT2D eigenvalue weighted by atomic mass is 32.2. The van der Waals surface area contributed by atoms with Crippen molar-refractivity contribution in [2.45, 2.75) is 18.0 Å². The third-order valence-corrected chi connectivity index (χ3v) is 4.94. The standard InChI is InChI=1S/C14H19F3N4O4S/c1-9-4-5-10(26(24,25)21(2)3)6-11(9)18-7-12(22)20-13(23)19-8-14(15,16)17/h4-6,18H,7-8H2,1-3H3,(H2,19,20,22,23). The van der Waals surface area contributed by atoms with E-state index in [4.69, 9.17) is 0 Å². The lowest BCUT2D eigenvalue weighted by Crippen LogP contribution is -2.45. The van der Waals surface area contributed by atoms with Crippen LogP contribution in [0.3, 0.4) is 0 Å². The van der Waals surface area contributed by atoms with Gasteiger partial charge in [0.2, 0.25) is 15.9 Å². The topological polar surface area (TPSA) is 108 Å². The highest BCUT2D eigenvalue weighted by molar-refractivity contribution is 7.89. The lowest BCUT2D eigenvalue weighted by atomic mass is 10.2. The number of urea groups is 1. The smallest absolute Gasteiger partial charge is 0.376 e. The van der Waals surface area contributed by atoms with Gasteiger partial charge in [0, 0.05) is 19.8 Å². The molecule has 1 aromatic carbocycles. The SMILES string of the molecule is Cc1ccc(S(=O)(=O)N(C)C)cc1NCC(=O)NC(=O)NCC(F)(F)F. The van der Waals surface area contributed by atoms with Crippen LogP contribution in [0.2, 0.25) is 0 Å². The van der Waals surface area contributed by atoms with Crippen LogP contribution in [0, 0.1) is 6.92 Å². The van der Waals surface area contributed by atoms with Crippen LogP contribution >= 0.6 is 0 Å². The molecule has 0 spiro atoms. The Hall–Kier alpha value is -2.34. The van der Waals surface area contributed by atoms with Gasteiger partial charge in [-0.3, -0.25) is 10.1 Å². The largest absolute Gasteiger partial charge is 0.405 e. The number of anilines is 1. The number of imide groups is 1. The third kappa shape index (κ3) is 6.52. The third-order valence-electron chi connectivity index (χ3n) is 3.13. The Balaban J connectivity index is 2.70. The molecular formula is C14H19F3N4O4S. The average Bonchev–Trinajstić information content (AvgIpc) is 2.51. The predicted octanol–water partition coefficient (Wildman–Crippen LogP) is 1.05. The van der Waals surface area contributed by atoms with Crippen molar-refractivity contribution in [2.24, 2.45) is 0 Å². The molecule has 0 heterocycles. The lowest BCUT2D eigenvalue weighted by molar-refractivity contribution is -0.124. The van der Waals surface area contributed by atoms with E-state index in [1.807, 2.05) is 0 Å². The molecule has 0 saturated carbocycles. The Bertz CT molecular complexity index is 779. The lowest BCUT2D eigenvalue weighted by Gasteiger charge is -2.15. The first-order valence-corrected chi connectivity index (χ1v) is 8.68. The minimum absolute atomic E-state index is 0.000992. The number of hydrogen-bond acceptors (Lipinski definition) is 5. The molecular weight excluding hydrogens is 377 g/mol. The number of halogens is 3. The fourth-order valence-corrected chi connectivity index (χ4v) is 2.66. The minimum Gasteiger partial charge on any atom is -0.376 e. The Morgan fingerprint density at radius 2 is 1.81 bits per heavy atom. The maximum absolute atomic E-state index is 12.1. The summed E-state index contributed by atoms with van der Waals surface area (Å²) in [6.45, 7) is -0.336. The second kappa shape index (κ2) is 8.36. The Morgan fingerprint density at radius 1 is 1.19 bits per heavy atom. The van der Waals surface area contributed by atoms with Gasteiger partial charge < -0.3 is 10.6 Å². The molecule has 8 nitrogen and oxygen atoms in total. The predicted molar refractivity (Wildman–Crippen MR) is 88.1 cm³/mol. The quantitative estimate of drug-likeness (QED) is 0.666. The van der Waals surface area contributed by atoms with E-state index in [9.17, 15) is 31.2 Å². The number of nitrogens with zero attached hydrogens (tertiary/aromatic N) is 1. The number of amides is 3. The molecule has 0 aliphatic carbocycles. The first kappa shape index (κ1) is 21.7. The first-order chi connectivity index (χ1) is 11.8. The zero-order valence-corrected chi connectivity index (χ0v) is 15.1. The molecule has 0 atom stereocenters. The molecule has 0 fully saturated rings. The van der Waals surface area contributed by atoms with Gasteiger partial charge in [0.15, 0.2) is 0 Å². The van der Waals surface area contributed by atoms with Crippen LogP contribution < -0.4 is 16.0 Å². The van der Waals surface area contributed by atoms with Gasteiger partial charge in [0.1, 0.15) is 6.54 Å². The molecule has 12 heteroatoms. The summed E-state index contributed by atoms with van der Waals surface area (Å²) >= 11 is 0. The number of sulfonamides is 1. The summed E-state index contributed by atoms with van der Waals surface area (Å²) in [5.41, 5.74) is 0.968. The van der Waals surface area contributed by atoms with Crippen LogP contribution in [0.15, 0.2) is 23.1 Å². The zero-order valence-electron chi connectivity index (χ0n) is 14.3. The van der Waals surface area contributed by atoms with Crippen LogP contribution in [0.1, 0.15) is 5.56 Å². The molecule has 0 saturated heterocycles. The van der Waals surface area contributed by atoms with Crippen molar-refractivity contribution in [1.82, 2.24) is 14.9 Å². The molecule has 0 aliphatic heterocycles. The maximum Gasteiger partial charge on any atom is 0.405 e. The highest BCUT2D eigenvalue weighted by Crippen LogP contribution is 2.21. The van der Waals surface area contributed by atoms with Crippen molar-refractivity contribution in [3.63, 3.8) is 0 Å². The molecule has 146 valence electrons. The van der Waals surface area contributed by atoms with Crippen molar-refractivity contribution in [1.29, 1.82) is 0 Å². The van der Waals surface area contributed by atoms with E-state index in [1.54, 1.807) is 12.2 Å². The Kier molecular flexibility index (Phi) is 6.98. The minimum atomic E-state index is -4.59. The first-order valence-electron chi connectivity index (χ1n) is 7.24. The van der Waals surface area contributed by atoms with E-state index in [-0.39, 0.29) is 4.90 Å². The average molecular weight is 396 g/mol. The number of hydrogen-bond donors (Lipinski definition) is 3. The van der Waals surface area contributed by atoms with Gasteiger partial charge in [-0.15, -0.1) is 0 Å². The van der Waals surface area contributed by atoms with Crippen molar-refractivity contribution < 1.29 is 31.2 Å². The normalized spacial score (nSPS) is 12.0. The fraction of sp³-hybridized carbons (Fsp3) is 0.429. The van der Waals surface area contributed by atoms with Crippen molar-refractivity contribution >= 4 is 27.6 Å². The van der Waals surface area contributed by atoms with E-state index in [1.165, 1.54) is 37.6 Å². The summed E-state index contributed by atoms with van der Waals surface area (Å²) in [6.07, 6.45) is -4.59. The molecule has 0 aliphatic rings. The van der Waals surface area contributed by atoms with Gasteiger partial charge in [-0.2, -0.15) is 13.2 Å². The monoisotopic (exact) mass is 396 g/mol. The Morgan fingerprint density at radius 3 is 2.35 bits per heavy atom. The Labute approximate surface area is 148 Å². The second-order valence-electron chi connectivity index (χ2n) is 5.46. The highest BCUT2D eigenvalue weighted by Gasteiger charge is 2.28. The molecule has 0 unspecified atom stereocenters. The number of alkyl halides is 3. The van der Waals surface area contributed by atoms with Gasteiger partial charge in [0.05, 0.1) is 11.4 Å². The van der Waals surface area contributed by atoms with E-state index in [2.05, 4.69) is 5.32 Å². The maximum atomic E-state index is 12.1. The molecule has 0 bridgehead atoms. The molecule has 3 amide bonds. The summed E-state index contributed by atoms with van der Waals surface area (Å²) in [7, 11) is -0.932. The van der Waals surface area contributed by atoms with E-state index >= 15 is 0 Å². The number of nitrogens with one attached hydrogen (secondary N) is 3. The van der Waals surface area contributed by atoms with Crippen LogP contribution in [-0.4, -0.2) is 58.0 Å². The number of carbonyl (C=O) groups is 2. The van der Waals surface area contributed by atoms with Crippen LogP contribution in [0.5, 0.6) is 0 Å². The summed E-state index contributed by atoms with van der Waals surface area (Å²) in [5.74, 6) is -0.884. The van der Waals surface area contributed by atoms with Gasteiger partial charge in [0.25, 0.3) is 0 Å². The van der Waals surface area contributed by atoms with Crippen molar-refractivity contribution in [2.75, 3.05) is 32.5 Å². The van der Waals surface area contributed by atoms with Crippen molar-refractivity contribution in [3.8, 4) is 0 Å². The number of benzene rings is 1.